The van der Waals surface area contributed by atoms with Crippen LogP contribution in [0.5, 0.6) is 0 Å². The first-order chi connectivity index (χ1) is 8.88. The molecule has 0 saturated heterocycles. The van der Waals surface area contributed by atoms with Gasteiger partial charge in [0.15, 0.2) is 0 Å². The van der Waals surface area contributed by atoms with Gasteiger partial charge in [0.1, 0.15) is 0 Å². The minimum Gasteiger partial charge on any atom is -0.304 e. The van der Waals surface area contributed by atoms with E-state index in [9.17, 15) is 0 Å². The van der Waals surface area contributed by atoms with Crippen LogP contribution in [0, 0.1) is 6.92 Å². The van der Waals surface area contributed by atoms with Crippen LogP contribution < -0.4 is 5.32 Å². The summed E-state index contributed by atoms with van der Waals surface area (Å²) >= 11 is 3.51. The van der Waals surface area contributed by atoms with Crippen molar-refractivity contribution in [2.75, 3.05) is 0 Å². The Balaban J connectivity index is 2.06. The molecule has 0 spiro atoms. The van der Waals surface area contributed by atoms with E-state index in [2.05, 4.69) is 44.9 Å². The van der Waals surface area contributed by atoms with Crippen LogP contribution in [0.2, 0.25) is 0 Å². The molecule has 0 radical (unpaired) electrons. The average molecular weight is 295 g/mol. The van der Waals surface area contributed by atoms with Gasteiger partial charge in [-0.1, -0.05) is 20.8 Å². The van der Waals surface area contributed by atoms with E-state index in [1.807, 2.05) is 23.0 Å². The van der Waals surface area contributed by atoms with Crippen molar-refractivity contribution in [2.24, 2.45) is 0 Å². The third-order valence-electron chi connectivity index (χ3n) is 2.93. The van der Waals surface area contributed by atoms with Gasteiger partial charge in [-0.05, 0) is 13.8 Å². The van der Waals surface area contributed by atoms with E-state index in [1.165, 1.54) is 14.8 Å². The molecular formula is C14H21N3S2. The van der Waals surface area contributed by atoms with Crippen LogP contribution in [0.4, 0.5) is 0 Å². The molecule has 1 N–H and O–H groups in total. The molecule has 104 valence electrons. The number of thiazole rings is 2. The standard InChI is InChI=1S/C14H21N3S2/c1-9(16-7-11-6-15-8-18-11)12-10(2)17-13(19-12)14(3,4)5/h6,8-9,16H,7H2,1-5H3. The van der Waals surface area contributed by atoms with Crippen molar-refractivity contribution in [2.45, 2.75) is 52.6 Å². The number of aryl methyl sites for hydroxylation is 1. The molecule has 2 rings (SSSR count). The molecule has 2 heterocycles. The largest absolute Gasteiger partial charge is 0.304 e. The van der Waals surface area contributed by atoms with Gasteiger partial charge < -0.3 is 5.32 Å². The normalized spacial score (nSPS) is 13.7. The molecule has 2 aromatic heterocycles. The number of hydrogen-bond acceptors (Lipinski definition) is 5. The van der Waals surface area contributed by atoms with E-state index in [0.717, 1.165) is 12.2 Å². The number of nitrogens with one attached hydrogen (secondary N) is 1. The summed E-state index contributed by atoms with van der Waals surface area (Å²) in [6, 6.07) is 0.329. The van der Waals surface area contributed by atoms with Gasteiger partial charge in [0.05, 0.1) is 16.2 Å². The van der Waals surface area contributed by atoms with Gasteiger partial charge in [-0.2, -0.15) is 0 Å². The Bertz CT molecular complexity index is 523. The first-order valence-corrected chi connectivity index (χ1v) is 8.16. The van der Waals surface area contributed by atoms with Crippen molar-refractivity contribution < 1.29 is 0 Å². The average Bonchev–Trinajstić information content (AvgIpc) is 2.93. The Labute approximate surface area is 123 Å². The molecule has 0 aliphatic carbocycles. The summed E-state index contributed by atoms with van der Waals surface area (Å²) in [5.74, 6) is 0. The van der Waals surface area contributed by atoms with E-state index >= 15 is 0 Å². The molecule has 1 unspecified atom stereocenters. The highest BCUT2D eigenvalue weighted by atomic mass is 32.1. The monoisotopic (exact) mass is 295 g/mol. The number of hydrogen-bond donors (Lipinski definition) is 1. The molecule has 3 nitrogen and oxygen atoms in total. The van der Waals surface area contributed by atoms with Crippen molar-refractivity contribution in [3.05, 3.63) is 32.2 Å². The maximum Gasteiger partial charge on any atom is 0.0985 e. The van der Waals surface area contributed by atoms with Crippen LogP contribution in [0.25, 0.3) is 0 Å². The van der Waals surface area contributed by atoms with Crippen molar-refractivity contribution >= 4 is 22.7 Å². The predicted molar refractivity (Wildman–Crippen MR) is 82.9 cm³/mol. The lowest BCUT2D eigenvalue weighted by atomic mass is 9.98. The second-order valence-corrected chi connectivity index (χ2v) is 7.79. The molecule has 19 heavy (non-hydrogen) atoms. The van der Waals surface area contributed by atoms with E-state index in [0.29, 0.717) is 6.04 Å². The SMILES string of the molecule is Cc1nc(C(C)(C)C)sc1C(C)NCc1cncs1. The topological polar surface area (TPSA) is 37.8 Å². The van der Waals surface area contributed by atoms with Crippen LogP contribution in [0.15, 0.2) is 11.7 Å². The molecular weight excluding hydrogens is 274 g/mol. The lowest BCUT2D eigenvalue weighted by Gasteiger charge is -2.14. The molecule has 0 fully saturated rings. The zero-order chi connectivity index (χ0) is 14.0. The van der Waals surface area contributed by atoms with E-state index in [4.69, 9.17) is 4.98 Å². The summed E-state index contributed by atoms with van der Waals surface area (Å²) in [6.07, 6.45) is 1.92. The fraction of sp³-hybridized carbons (Fsp3) is 0.571. The maximum atomic E-state index is 4.72. The maximum absolute atomic E-state index is 4.72. The van der Waals surface area contributed by atoms with Gasteiger partial charge >= 0.3 is 0 Å². The van der Waals surface area contributed by atoms with Gasteiger partial charge in [-0.15, -0.1) is 22.7 Å². The van der Waals surface area contributed by atoms with E-state index < -0.39 is 0 Å². The molecule has 5 heteroatoms. The fourth-order valence-corrected chi connectivity index (χ4v) is 3.50. The van der Waals surface area contributed by atoms with Crippen molar-refractivity contribution in [3.8, 4) is 0 Å². The summed E-state index contributed by atoms with van der Waals surface area (Å²) in [7, 11) is 0. The smallest absolute Gasteiger partial charge is 0.0985 e. The Kier molecular flexibility index (Phi) is 4.38. The highest BCUT2D eigenvalue weighted by Gasteiger charge is 2.22. The van der Waals surface area contributed by atoms with Crippen molar-refractivity contribution in [1.82, 2.24) is 15.3 Å². The van der Waals surface area contributed by atoms with Gasteiger partial charge in [-0.25, -0.2) is 4.98 Å². The summed E-state index contributed by atoms with van der Waals surface area (Å²) in [6.45, 7) is 11.8. The summed E-state index contributed by atoms with van der Waals surface area (Å²) in [5.41, 5.74) is 3.15. The van der Waals surface area contributed by atoms with Crippen LogP contribution in [0.3, 0.4) is 0 Å². The molecule has 1 atom stereocenters. The Morgan fingerprint density at radius 2 is 2.11 bits per heavy atom. The second-order valence-electron chi connectivity index (χ2n) is 5.79. The number of rotatable bonds is 4. The Morgan fingerprint density at radius 1 is 1.37 bits per heavy atom. The van der Waals surface area contributed by atoms with Gasteiger partial charge in [0, 0.05) is 34.0 Å². The minimum atomic E-state index is 0.130. The summed E-state index contributed by atoms with van der Waals surface area (Å²) < 4.78 is 0. The summed E-state index contributed by atoms with van der Waals surface area (Å²) in [4.78, 5) is 11.4. The van der Waals surface area contributed by atoms with Crippen LogP contribution in [0.1, 0.15) is 54.2 Å². The zero-order valence-corrected chi connectivity index (χ0v) is 13.8. The molecule has 2 aromatic rings. The molecule has 0 saturated carbocycles. The van der Waals surface area contributed by atoms with Gasteiger partial charge in [0.2, 0.25) is 0 Å². The molecule has 0 aliphatic heterocycles. The minimum absolute atomic E-state index is 0.130. The Hall–Kier alpha value is -0.780. The van der Waals surface area contributed by atoms with Crippen molar-refractivity contribution in [3.63, 3.8) is 0 Å². The van der Waals surface area contributed by atoms with Gasteiger partial charge in [-0.3, -0.25) is 4.98 Å². The van der Waals surface area contributed by atoms with Crippen molar-refractivity contribution in [1.29, 1.82) is 0 Å². The van der Waals surface area contributed by atoms with Gasteiger partial charge in [0.25, 0.3) is 0 Å². The molecule has 0 amide bonds. The van der Waals surface area contributed by atoms with E-state index in [-0.39, 0.29) is 5.41 Å². The molecule has 0 aromatic carbocycles. The number of aromatic nitrogens is 2. The zero-order valence-electron chi connectivity index (χ0n) is 12.2. The third-order valence-corrected chi connectivity index (χ3v) is 5.48. The predicted octanol–water partition coefficient (Wildman–Crippen LogP) is 4.06. The first kappa shape index (κ1) is 14.6. The first-order valence-electron chi connectivity index (χ1n) is 6.46. The summed E-state index contributed by atoms with van der Waals surface area (Å²) in [5, 5.41) is 4.76. The lowest BCUT2D eigenvalue weighted by molar-refractivity contribution is 0.579. The molecule has 0 aliphatic rings. The lowest BCUT2D eigenvalue weighted by Crippen LogP contribution is -2.17. The second kappa shape index (κ2) is 5.69. The quantitative estimate of drug-likeness (QED) is 0.924. The third kappa shape index (κ3) is 3.61. The number of nitrogens with zero attached hydrogens (tertiary/aromatic N) is 2. The Morgan fingerprint density at radius 3 is 2.63 bits per heavy atom. The van der Waals surface area contributed by atoms with Crippen LogP contribution in [-0.2, 0) is 12.0 Å². The van der Waals surface area contributed by atoms with E-state index in [1.54, 1.807) is 11.3 Å². The fourth-order valence-electron chi connectivity index (χ4n) is 1.81. The van der Waals surface area contributed by atoms with Crippen LogP contribution >= 0.6 is 22.7 Å². The highest BCUT2D eigenvalue weighted by Crippen LogP contribution is 2.32. The highest BCUT2D eigenvalue weighted by molar-refractivity contribution is 7.12. The molecule has 0 bridgehead atoms. The van der Waals surface area contributed by atoms with Crippen LogP contribution in [-0.4, -0.2) is 9.97 Å².